The van der Waals surface area contributed by atoms with Crippen molar-refractivity contribution in [3.8, 4) is 0 Å². The summed E-state index contributed by atoms with van der Waals surface area (Å²) < 4.78 is 0. The molecule has 70 valence electrons. The Bertz CT molecular complexity index is 277. The van der Waals surface area contributed by atoms with Gasteiger partial charge in [0.25, 0.3) is 0 Å². The van der Waals surface area contributed by atoms with Crippen LogP contribution in [-0.4, -0.2) is 26.2 Å². The highest BCUT2D eigenvalue weighted by Gasteiger charge is 2.09. The molecule has 0 saturated carbocycles. The van der Waals surface area contributed by atoms with E-state index in [1.165, 1.54) is 11.3 Å². The Hall–Kier alpha value is -1.02. The second-order valence-electron chi connectivity index (χ2n) is 3.58. The van der Waals surface area contributed by atoms with Gasteiger partial charge in [0.2, 0.25) is 0 Å². The average molecular weight is 176 g/mol. The summed E-state index contributed by atoms with van der Waals surface area (Å²) in [4.78, 5) is 2.43. The number of benzene rings is 1. The first-order valence-electron chi connectivity index (χ1n) is 4.88. The zero-order chi connectivity index (χ0) is 9.10. The molecule has 0 aliphatic carbocycles. The summed E-state index contributed by atoms with van der Waals surface area (Å²) in [5.74, 6) is 0. The second kappa shape index (κ2) is 3.79. The fourth-order valence-corrected chi connectivity index (χ4v) is 1.75. The number of hydrogen-bond acceptors (Lipinski definition) is 2. The number of rotatable bonds is 1. The Morgan fingerprint density at radius 3 is 2.69 bits per heavy atom. The van der Waals surface area contributed by atoms with Gasteiger partial charge in [-0.2, -0.15) is 0 Å². The summed E-state index contributed by atoms with van der Waals surface area (Å²) in [6, 6.07) is 8.72. The van der Waals surface area contributed by atoms with Gasteiger partial charge in [-0.15, -0.1) is 0 Å². The van der Waals surface area contributed by atoms with Gasteiger partial charge < -0.3 is 10.2 Å². The summed E-state index contributed by atoms with van der Waals surface area (Å²) >= 11 is 0. The van der Waals surface area contributed by atoms with Crippen molar-refractivity contribution in [2.45, 2.75) is 6.92 Å². The fraction of sp³-hybridized carbons (Fsp3) is 0.455. The van der Waals surface area contributed by atoms with Gasteiger partial charge in [0, 0.05) is 31.9 Å². The molecule has 2 heteroatoms. The molecule has 1 aromatic carbocycles. The van der Waals surface area contributed by atoms with E-state index in [0.717, 1.165) is 26.2 Å². The van der Waals surface area contributed by atoms with Crippen LogP contribution < -0.4 is 10.2 Å². The lowest BCUT2D eigenvalue weighted by Crippen LogP contribution is -2.43. The molecule has 1 N–H and O–H groups in total. The molecule has 0 unspecified atom stereocenters. The molecule has 0 radical (unpaired) electrons. The molecular weight excluding hydrogens is 160 g/mol. The van der Waals surface area contributed by atoms with Crippen molar-refractivity contribution in [2.24, 2.45) is 0 Å². The van der Waals surface area contributed by atoms with Crippen LogP contribution in [0.3, 0.4) is 0 Å². The highest BCUT2D eigenvalue weighted by atomic mass is 15.2. The standard InChI is InChI=1S/C11H16N2/c1-10-3-2-4-11(9-10)13-7-5-12-6-8-13/h2-4,9,12H,5-8H2,1H3. The molecule has 13 heavy (non-hydrogen) atoms. The van der Waals surface area contributed by atoms with Gasteiger partial charge in [-0.1, -0.05) is 12.1 Å². The van der Waals surface area contributed by atoms with Crippen molar-refractivity contribution in [3.05, 3.63) is 29.8 Å². The van der Waals surface area contributed by atoms with E-state index in [4.69, 9.17) is 0 Å². The zero-order valence-electron chi connectivity index (χ0n) is 8.09. The number of anilines is 1. The SMILES string of the molecule is Cc1cccc(N2CCNCC2)c1. The topological polar surface area (TPSA) is 15.3 Å². The zero-order valence-corrected chi connectivity index (χ0v) is 8.09. The summed E-state index contributed by atoms with van der Waals surface area (Å²) in [5, 5.41) is 3.36. The van der Waals surface area contributed by atoms with Crippen LogP contribution in [0.2, 0.25) is 0 Å². The predicted octanol–water partition coefficient (Wildman–Crippen LogP) is 1.40. The highest BCUT2D eigenvalue weighted by Crippen LogP contribution is 2.15. The quantitative estimate of drug-likeness (QED) is 0.696. The Morgan fingerprint density at radius 1 is 1.23 bits per heavy atom. The third-order valence-electron chi connectivity index (χ3n) is 2.48. The molecule has 1 aromatic rings. The van der Waals surface area contributed by atoms with Crippen LogP contribution in [0.15, 0.2) is 24.3 Å². The molecular formula is C11H16N2. The van der Waals surface area contributed by atoms with E-state index in [1.807, 2.05) is 0 Å². The van der Waals surface area contributed by atoms with E-state index < -0.39 is 0 Å². The van der Waals surface area contributed by atoms with E-state index >= 15 is 0 Å². The van der Waals surface area contributed by atoms with Crippen LogP contribution in [0.1, 0.15) is 5.56 Å². The second-order valence-corrected chi connectivity index (χ2v) is 3.58. The largest absolute Gasteiger partial charge is 0.369 e. The van der Waals surface area contributed by atoms with Gasteiger partial charge in [0.05, 0.1) is 0 Å². The van der Waals surface area contributed by atoms with Gasteiger partial charge in [0.1, 0.15) is 0 Å². The first kappa shape index (κ1) is 8.57. The summed E-state index contributed by atoms with van der Waals surface area (Å²) in [6.07, 6.45) is 0. The molecule has 0 bridgehead atoms. The maximum absolute atomic E-state index is 3.36. The van der Waals surface area contributed by atoms with Crippen LogP contribution in [0.5, 0.6) is 0 Å². The maximum Gasteiger partial charge on any atom is 0.0369 e. The highest BCUT2D eigenvalue weighted by molar-refractivity contribution is 5.48. The van der Waals surface area contributed by atoms with Gasteiger partial charge >= 0.3 is 0 Å². The Balaban J connectivity index is 2.14. The van der Waals surface area contributed by atoms with Gasteiger partial charge in [0.15, 0.2) is 0 Å². The lowest BCUT2D eigenvalue weighted by atomic mass is 10.2. The molecule has 2 nitrogen and oxygen atoms in total. The minimum Gasteiger partial charge on any atom is -0.369 e. The van der Waals surface area contributed by atoms with Crippen LogP contribution in [-0.2, 0) is 0 Å². The van der Waals surface area contributed by atoms with Crippen LogP contribution >= 0.6 is 0 Å². The van der Waals surface area contributed by atoms with Gasteiger partial charge in [-0.25, -0.2) is 0 Å². The Morgan fingerprint density at radius 2 is 2.00 bits per heavy atom. The van der Waals surface area contributed by atoms with E-state index in [0.29, 0.717) is 0 Å². The summed E-state index contributed by atoms with van der Waals surface area (Å²) in [6.45, 7) is 6.61. The Kier molecular flexibility index (Phi) is 2.50. The summed E-state index contributed by atoms with van der Waals surface area (Å²) in [7, 11) is 0. The van der Waals surface area contributed by atoms with E-state index in [9.17, 15) is 0 Å². The van der Waals surface area contributed by atoms with Crippen molar-refractivity contribution < 1.29 is 0 Å². The van der Waals surface area contributed by atoms with Crippen molar-refractivity contribution in [2.75, 3.05) is 31.1 Å². The monoisotopic (exact) mass is 176 g/mol. The molecule has 0 amide bonds. The number of aryl methyl sites for hydroxylation is 1. The molecule has 1 aliphatic rings. The molecule has 1 heterocycles. The van der Waals surface area contributed by atoms with Crippen molar-refractivity contribution in [1.82, 2.24) is 5.32 Å². The third kappa shape index (κ3) is 2.01. The first-order valence-corrected chi connectivity index (χ1v) is 4.88. The number of nitrogens with zero attached hydrogens (tertiary/aromatic N) is 1. The minimum absolute atomic E-state index is 1.11. The molecule has 2 rings (SSSR count). The summed E-state index contributed by atoms with van der Waals surface area (Å²) in [5.41, 5.74) is 2.71. The molecule has 1 aliphatic heterocycles. The molecule has 0 atom stereocenters. The molecule has 1 fully saturated rings. The van der Waals surface area contributed by atoms with Crippen molar-refractivity contribution >= 4 is 5.69 Å². The van der Waals surface area contributed by atoms with Crippen LogP contribution in [0, 0.1) is 6.92 Å². The van der Waals surface area contributed by atoms with Gasteiger partial charge in [-0.05, 0) is 24.6 Å². The smallest absolute Gasteiger partial charge is 0.0369 e. The molecule has 1 saturated heterocycles. The normalized spacial score (nSPS) is 17.5. The first-order chi connectivity index (χ1) is 6.36. The maximum atomic E-state index is 3.36. The van der Waals surface area contributed by atoms with E-state index in [2.05, 4.69) is 41.4 Å². The average Bonchev–Trinajstić information content (AvgIpc) is 2.19. The number of nitrogens with one attached hydrogen (secondary N) is 1. The van der Waals surface area contributed by atoms with Crippen LogP contribution in [0.4, 0.5) is 5.69 Å². The lowest BCUT2D eigenvalue weighted by molar-refractivity contribution is 0.589. The predicted molar refractivity (Wildman–Crippen MR) is 56.3 cm³/mol. The van der Waals surface area contributed by atoms with Crippen molar-refractivity contribution in [1.29, 1.82) is 0 Å². The molecule has 0 spiro atoms. The number of hydrogen-bond donors (Lipinski definition) is 1. The fourth-order valence-electron chi connectivity index (χ4n) is 1.75. The van der Waals surface area contributed by atoms with E-state index in [1.54, 1.807) is 0 Å². The number of piperazine rings is 1. The minimum atomic E-state index is 1.11. The van der Waals surface area contributed by atoms with Gasteiger partial charge in [-0.3, -0.25) is 0 Å². The van der Waals surface area contributed by atoms with Crippen molar-refractivity contribution in [3.63, 3.8) is 0 Å². The third-order valence-corrected chi connectivity index (χ3v) is 2.48. The van der Waals surface area contributed by atoms with Crippen LogP contribution in [0.25, 0.3) is 0 Å². The van der Waals surface area contributed by atoms with E-state index in [-0.39, 0.29) is 0 Å². The Labute approximate surface area is 79.6 Å². The lowest BCUT2D eigenvalue weighted by Gasteiger charge is -2.29. The molecule has 0 aromatic heterocycles.